The number of nitrogens with one attached hydrogen (secondary N) is 3. The van der Waals surface area contributed by atoms with Gasteiger partial charge in [0.1, 0.15) is 31.2 Å². The van der Waals surface area contributed by atoms with Gasteiger partial charge in [-0.25, -0.2) is 36.3 Å². The van der Waals surface area contributed by atoms with Crippen LogP contribution in [0.4, 0.5) is 0 Å². The molecule has 0 aliphatic rings. The topological polar surface area (TPSA) is 157 Å². The van der Waals surface area contributed by atoms with Gasteiger partial charge in [0, 0.05) is 44.1 Å². The largest absolute Gasteiger partial charge is 0.461 e. The number of aryl methyl sites for hydroxylation is 2. The lowest BCUT2D eigenvalue weighted by molar-refractivity contribution is 0.0505. The third-order valence-electron chi connectivity index (χ3n) is 10.3. The van der Waals surface area contributed by atoms with Gasteiger partial charge in [0.2, 0.25) is 0 Å². The highest BCUT2D eigenvalue weighted by molar-refractivity contribution is 7.93. The Bertz CT molecular complexity index is 2410. The molecule has 4 rings (SSSR count). The summed E-state index contributed by atoms with van der Waals surface area (Å²) in [6, 6.07) is 19.6. The van der Waals surface area contributed by atoms with Crippen molar-refractivity contribution in [1.82, 2.24) is 18.6 Å². The third-order valence-corrected chi connectivity index (χ3v) is 20.5. The molecule has 12 nitrogen and oxygen atoms in total. The summed E-state index contributed by atoms with van der Waals surface area (Å²) in [6.07, 6.45) is 7.93. The number of nitrogens with zero attached hydrogens (tertiary/aromatic N) is 3. The minimum Gasteiger partial charge on any atom is -0.461 e. The second-order valence-corrected chi connectivity index (χ2v) is 25.1. The summed E-state index contributed by atoms with van der Waals surface area (Å²) in [5, 5.41) is 1.72. The van der Waals surface area contributed by atoms with Gasteiger partial charge in [0.05, 0.1) is 28.0 Å². The number of carbonyl (C=O) groups is 2. The molecular formula is C48H73ClN6O6S2Si. The van der Waals surface area contributed by atoms with Crippen molar-refractivity contribution in [2.45, 2.75) is 104 Å². The first kappa shape index (κ1) is 57.5. The van der Waals surface area contributed by atoms with E-state index < -0.39 is 45.0 Å². The summed E-state index contributed by atoms with van der Waals surface area (Å²) in [5.74, 6) is -0.910. The average Bonchev–Trinajstić information content (AvgIpc) is 3.73. The fraction of sp³-hybridized carbons (Fsp3) is 0.417. The van der Waals surface area contributed by atoms with Crippen LogP contribution >= 0.6 is 11.6 Å². The van der Waals surface area contributed by atoms with Gasteiger partial charge in [-0.05, 0) is 41.1 Å². The molecule has 4 atom stereocenters. The van der Waals surface area contributed by atoms with E-state index in [1.165, 1.54) is 16.8 Å². The maximum absolute atomic E-state index is 15.5. The zero-order valence-corrected chi connectivity index (χ0v) is 41.4. The van der Waals surface area contributed by atoms with Crippen LogP contribution < -0.4 is 19.8 Å². The number of esters is 2. The maximum atomic E-state index is 15.5. The Kier molecular flexibility index (Phi) is 21.7. The van der Waals surface area contributed by atoms with E-state index in [2.05, 4.69) is 74.2 Å². The maximum Gasteiger partial charge on any atom is 0.356 e. The van der Waals surface area contributed by atoms with Crippen molar-refractivity contribution in [3.8, 4) is 0 Å². The van der Waals surface area contributed by atoms with Crippen LogP contribution in [0.5, 0.6) is 0 Å². The number of hydrogen-bond donors (Lipinski definition) is 3. The van der Waals surface area contributed by atoms with E-state index in [0.29, 0.717) is 5.56 Å². The molecule has 3 N–H and O–H groups in total. The third kappa shape index (κ3) is 12.6. The summed E-state index contributed by atoms with van der Waals surface area (Å²) in [4.78, 5) is 25.4. The van der Waals surface area contributed by atoms with Gasteiger partial charge in [-0.1, -0.05) is 160 Å². The number of rotatable bonds is 18. The van der Waals surface area contributed by atoms with Crippen molar-refractivity contribution in [3.63, 3.8) is 0 Å². The van der Waals surface area contributed by atoms with Crippen molar-refractivity contribution in [3.05, 3.63) is 127 Å². The molecule has 4 unspecified atom stereocenters. The molecule has 16 heteroatoms. The second-order valence-electron chi connectivity index (χ2n) is 16.4. The summed E-state index contributed by atoms with van der Waals surface area (Å²) in [5.41, 5.74) is 0.726. The first-order chi connectivity index (χ1) is 29.0. The lowest BCUT2D eigenvalue weighted by Gasteiger charge is -2.41. The van der Waals surface area contributed by atoms with Crippen LogP contribution in [0.15, 0.2) is 119 Å². The highest BCUT2D eigenvalue weighted by Gasteiger charge is 2.51. The minimum atomic E-state index is -3.44. The smallest absolute Gasteiger partial charge is 0.356 e. The van der Waals surface area contributed by atoms with Gasteiger partial charge in [0.15, 0.2) is 0 Å². The molecule has 0 saturated heterocycles. The second kappa shape index (κ2) is 24.1. The van der Waals surface area contributed by atoms with Gasteiger partial charge in [-0.3, -0.25) is 0 Å². The fourth-order valence-corrected chi connectivity index (χ4v) is 18.3. The van der Waals surface area contributed by atoms with Crippen molar-refractivity contribution >= 4 is 68.1 Å². The van der Waals surface area contributed by atoms with E-state index in [1.54, 1.807) is 50.9 Å². The molecule has 2 aromatic carbocycles. The SMILES string of the molecule is C.C.C=CC(NS(=O)(=N[Si](c1ccccc1)(c1ccccc1)C(C)(C)C)c1cn(C)c(C(=O)OCC)c1Cl)C(C)C.C=Cc1c(S(=N)(=O)NC(C=C)C(C)C)cn(C)c1C(=O)OCC. The molecule has 0 spiro atoms. The van der Waals surface area contributed by atoms with Gasteiger partial charge >= 0.3 is 11.9 Å². The number of halogens is 1. The van der Waals surface area contributed by atoms with Gasteiger partial charge in [-0.2, -0.15) is 0 Å². The summed E-state index contributed by atoms with van der Waals surface area (Å²) < 4.78 is 61.6. The predicted octanol–water partition coefficient (Wildman–Crippen LogP) is 10.2. The molecule has 354 valence electrons. The highest BCUT2D eigenvalue weighted by atomic mass is 35.5. The molecule has 0 radical (unpaired) electrons. The Balaban J connectivity index is 0.000000704. The summed E-state index contributed by atoms with van der Waals surface area (Å²) >= 11 is 6.87. The molecule has 0 amide bonds. The number of benzene rings is 2. The number of carbonyl (C=O) groups excluding carboxylic acids is 2. The van der Waals surface area contributed by atoms with Crippen LogP contribution in [0.25, 0.3) is 6.08 Å². The Labute approximate surface area is 391 Å². The van der Waals surface area contributed by atoms with Crippen molar-refractivity contribution in [2.24, 2.45) is 30.0 Å². The first-order valence-corrected chi connectivity index (χ1v) is 25.9. The molecule has 0 aliphatic heterocycles. The van der Waals surface area contributed by atoms with E-state index >= 15 is 4.21 Å². The Morgan fingerprint density at radius 1 is 0.781 bits per heavy atom. The zero-order chi connectivity index (χ0) is 46.8. The van der Waals surface area contributed by atoms with E-state index in [-0.39, 0.29) is 78.2 Å². The fourth-order valence-electron chi connectivity index (χ4n) is 7.01. The Morgan fingerprint density at radius 2 is 1.19 bits per heavy atom. The normalized spacial score (nSPS) is 14.2. The molecule has 0 fully saturated rings. The molecule has 4 aromatic rings. The van der Waals surface area contributed by atoms with Crippen LogP contribution in [0, 0.1) is 16.6 Å². The average molecular weight is 958 g/mol. The lowest BCUT2D eigenvalue weighted by atomic mass is 10.1. The van der Waals surface area contributed by atoms with Crippen molar-refractivity contribution in [2.75, 3.05) is 13.2 Å². The van der Waals surface area contributed by atoms with Crippen LogP contribution in [-0.2, 0) is 43.4 Å². The van der Waals surface area contributed by atoms with Gasteiger partial charge in [0.25, 0.3) is 8.24 Å². The standard InChI is InChI=1S/C30H40ClN3O3SSi.C16H25N3O3S.2CH4/c1-9-25(22(3)4)32-38(36,26-21-34(8)28(27(26)31)29(35)37-10-2)33-39(30(5,6)7,23-17-13-11-14-18-23)24-19-15-12-16-20-24;1-7-12-14(10-19(6)15(12)16(20)22-9-3)23(17,21)18-13(8-2)11(4)5;;/h9,11-22,25H,1,10H2,2-8H3,(H,32,33,36);7-8,10-11,13H,1-2,9H2,3-6H3,(H2,17,18,21);2*1H4. The molecule has 2 heterocycles. The summed E-state index contributed by atoms with van der Waals surface area (Å²) in [6.45, 7) is 29.6. The van der Waals surface area contributed by atoms with Gasteiger partial charge in [-0.15, -0.1) is 13.2 Å². The van der Waals surface area contributed by atoms with Crippen LogP contribution in [0.2, 0.25) is 10.1 Å². The van der Waals surface area contributed by atoms with E-state index in [1.807, 2.05) is 64.1 Å². The van der Waals surface area contributed by atoms with Crippen molar-refractivity contribution < 1.29 is 27.5 Å². The van der Waals surface area contributed by atoms with Crippen molar-refractivity contribution in [1.29, 1.82) is 4.78 Å². The lowest BCUT2D eigenvalue weighted by Crippen LogP contribution is -2.64. The van der Waals surface area contributed by atoms with Gasteiger partial charge < -0.3 is 18.6 Å². The van der Waals surface area contributed by atoms with Crippen LogP contribution in [0.1, 0.15) is 104 Å². The molecule has 2 aromatic heterocycles. The zero-order valence-electron chi connectivity index (χ0n) is 38.0. The van der Waals surface area contributed by atoms with E-state index in [0.717, 1.165) is 10.4 Å². The molecule has 0 aliphatic carbocycles. The number of ether oxygens (including phenoxy) is 2. The highest BCUT2D eigenvalue weighted by Crippen LogP contribution is 2.40. The molecular weight excluding hydrogens is 884 g/mol. The van der Waals surface area contributed by atoms with Crippen LogP contribution in [0.3, 0.4) is 0 Å². The molecule has 0 bridgehead atoms. The number of aromatic nitrogens is 2. The first-order valence-electron chi connectivity index (χ1n) is 20.5. The van der Waals surface area contributed by atoms with E-state index in [9.17, 15) is 13.8 Å². The van der Waals surface area contributed by atoms with Crippen LogP contribution in [-0.4, -0.2) is 63.0 Å². The molecule has 0 saturated carbocycles. The number of hydrogen-bond acceptors (Lipinski definition) is 8. The Morgan fingerprint density at radius 3 is 1.58 bits per heavy atom. The summed E-state index contributed by atoms with van der Waals surface area (Å²) in [7, 11) is -6.62. The predicted molar refractivity (Wildman–Crippen MR) is 271 cm³/mol. The quantitative estimate of drug-likeness (QED) is 0.0512. The minimum absolute atomic E-state index is 0. The Hall–Kier alpha value is -4.51. The monoisotopic (exact) mass is 956 g/mol. The van der Waals surface area contributed by atoms with E-state index in [4.69, 9.17) is 29.9 Å². The molecule has 64 heavy (non-hydrogen) atoms.